The lowest BCUT2D eigenvalue weighted by atomic mass is 10.1. The highest BCUT2D eigenvalue weighted by Gasteiger charge is 2.02. The highest BCUT2D eigenvalue weighted by molar-refractivity contribution is 8.76. The summed E-state index contributed by atoms with van der Waals surface area (Å²) in [6.07, 6.45) is 5.97. The van der Waals surface area contributed by atoms with Crippen LogP contribution in [-0.2, 0) is 9.59 Å². The minimum absolute atomic E-state index is 0.0691. The number of carboxylic acids is 1. The quantitative estimate of drug-likeness (QED) is 0.448. The fraction of sp³-hybridized carbons (Fsp3) is 0.533. The Balaban J connectivity index is 1.90. The van der Waals surface area contributed by atoms with Crippen molar-refractivity contribution >= 4 is 33.5 Å². The van der Waals surface area contributed by atoms with Crippen LogP contribution in [0.2, 0.25) is 0 Å². The fourth-order valence-electron chi connectivity index (χ4n) is 1.70. The first kappa shape index (κ1) is 18.8. The van der Waals surface area contributed by atoms with E-state index in [-0.39, 0.29) is 12.3 Å². The molecule has 5 nitrogen and oxygen atoms in total. The van der Waals surface area contributed by atoms with Crippen molar-refractivity contribution in [1.82, 2.24) is 10.3 Å². The third-order valence-corrected chi connectivity index (χ3v) is 5.10. The van der Waals surface area contributed by atoms with E-state index in [4.69, 9.17) is 5.11 Å². The van der Waals surface area contributed by atoms with Gasteiger partial charge >= 0.3 is 5.97 Å². The number of nitrogens with one attached hydrogen (secondary N) is 1. The highest BCUT2D eigenvalue weighted by atomic mass is 33.1. The van der Waals surface area contributed by atoms with Gasteiger partial charge in [-0.1, -0.05) is 29.7 Å². The summed E-state index contributed by atoms with van der Waals surface area (Å²) in [7, 11) is 3.21. The summed E-state index contributed by atoms with van der Waals surface area (Å²) in [4.78, 5) is 26.1. The molecule has 1 aromatic rings. The van der Waals surface area contributed by atoms with Gasteiger partial charge in [-0.05, 0) is 35.8 Å². The van der Waals surface area contributed by atoms with Gasteiger partial charge in [-0.25, -0.2) is 4.98 Å². The van der Waals surface area contributed by atoms with Gasteiger partial charge in [-0.2, -0.15) is 0 Å². The van der Waals surface area contributed by atoms with Gasteiger partial charge in [0, 0.05) is 31.3 Å². The van der Waals surface area contributed by atoms with E-state index in [0.717, 1.165) is 30.0 Å². The summed E-state index contributed by atoms with van der Waals surface area (Å²) in [6.45, 7) is 0.671. The van der Waals surface area contributed by atoms with E-state index in [9.17, 15) is 9.59 Å². The Morgan fingerprint density at radius 3 is 2.68 bits per heavy atom. The maximum absolute atomic E-state index is 11.6. The molecular formula is C15H22N2O3S2. The zero-order valence-corrected chi connectivity index (χ0v) is 14.1. The molecule has 0 aromatic carbocycles. The van der Waals surface area contributed by atoms with Crippen molar-refractivity contribution in [2.24, 2.45) is 0 Å². The number of pyridine rings is 1. The van der Waals surface area contributed by atoms with Crippen molar-refractivity contribution in [2.45, 2.75) is 43.6 Å². The van der Waals surface area contributed by atoms with Gasteiger partial charge in [-0.3, -0.25) is 9.59 Å². The molecule has 7 heteroatoms. The van der Waals surface area contributed by atoms with Gasteiger partial charge in [0.25, 0.3) is 0 Å². The van der Waals surface area contributed by atoms with E-state index in [0.29, 0.717) is 19.4 Å². The molecule has 22 heavy (non-hydrogen) atoms. The third kappa shape index (κ3) is 10.5. The Hall–Kier alpha value is -1.21. The first-order valence-corrected chi connectivity index (χ1v) is 9.69. The molecule has 0 bridgehead atoms. The Bertz CT molecular complexity index is 444. The van der Waals surface area contributed by atoms with Crippen molar-refractivity contribution < 1.29 is 14.7 Å². The number of hydrogen-bond acceptors (Lipinski definition) is 5. The van der Waals surface area contributed by atoms with Gasteiger partial charge in [0.15, 0.2) is 0 Å². The van der Waals surface area contributed by atoms with E-state index in [1.54, 1.807) is 27.8 Å². The summed E-state index contributed by atoms with van der Waals surface area (Å²) < 4.78 is 0. The molecule has 122 valence electrons. The number of aliphatic carboxylic acids is 1. The zero-order chi connectivity index (χ0) is 16.0. The molecule has 1 aromatic heterocycles. The fourth-order valence-corrected chi connectivity index (χ4v) is 3.57. The van der Waals surface area contributed by atoms with Gasteiger partial charge < -0.3 is 10.4 Å². The molecule has 0 spiro atoms. The number of nitrogens with zero attached hydrogens (tertiary/aromatic N) is 1. The molecule has 0 saturated heterocycles. The molecule has 0 fully saturated rings. The smallest absolute Gasteiger partial charge is 0.303 e. The van der Waals surface area contributed by atoms with Crippen LogP contribution in [0.1, 0.15) is 38.5 Å². The molecular weight excluding hydrogens is 320 g/mol. The maximum Gasteiger partial charge on any atom is 0.303 e. The summed E-state index contributed by atoms with van der Waals surface area (Å²) in [5, 5.41) is 12.3. The normalized spacial score (nSPS) is 10.4. The summed E-state index contributed by atoms with van der Waals surface area (Å²) in [5.41, 5.74) is 0. The molecule has 1 amide bonds. The lowest BCUT2D eigenvalue weighted by molar-refractivity contribution is -0.137. The van der Waals surface area contributed by atoms with Crippen LogP contribution in [0, 0.1) is 0 Å². The lowest BCUT2D eigenvalue weighted by Gasteiger charge is -2.05. The van der Waals surface area contributed by atoms with Crippen LogP contribution in [0.3, 0.4) is 0 Å². The van der Waals surface area contributed by atoms with Crippen molar-refractivity contribution in [3.8, 4) is 0 Å². The van der Waals surface area contributed by atoms with Crippen LogP contribution in [0.15, 0.2) is 29.4 Å². The molecule has 0 atom stereocenters. The Labute approximate surface area is 139 Å². The second kappa shape index (κ2) is 12.3. The molecule has 0 unspecified atom stereocenters. The van der Waals surface area contributed by atoms with Crippen molar-refractivity contribution in [3.05, 3.63) is 24.4 Å². The summed E-state index contributed by atoms with van der Waals surface area (Å²) >= 11 is 0. The van der Waals surface area contributed by atoms with Gasteiger partial charge in [0.05, 0.1) is 0 Å². The topological polar surface area (TPSA) is 79.3 Å². The number of aromatic nitrogens is 1. The number of carbonyl (C=O) groups excluding carboxylic acids is 1. The van der Waals surface area contributed by atoms with E-state index >= 15 is 0 Å². The number of rotatable bonds is 12. The predicted octanol–water partition coefficient (Wildman–Crippen LogP) is 3.36. The first-order valence-electron chi connectivity index (χ1n) is 7.37. The van der Waals surface area contributed by atoms with E-state index in [2.05, 4.69) is 10.3 Å². The monoisotopic (exact) mass is 342 g/mol. The van der Waals surface area contributed by atoms with E-state index in [1.165, 1.54) is 0 Å². The van der Waals surface area contributed by atoms with E-state index in [1.807, 2.05) is 18.2 Å². The Morgan fingerprint density at radius 2 is 1.95 bits per heavy atom. The number of carboxylic acid groups (broad SMARTS) is 1. The minimum atomic E-state index is -0.741. The van der Waals surface area contributed by atoms with Crippen LogP contribution in [0.25, 0.3) is 0 Å². The van der Waals surface area contributed by atoms with E-state index < -0.39 is 5.97 Å². The highest BCUT2D eigenvalue weighted by Crippen LogP contribution is 2.29. The second-order valence-electron chi connectivity index (χ2n) is 4.73. The van der Waals surface area contributed by atoms with Gasteiger partial charge in [-0.15, -0.1) is 0 Å². The average molecular weight is 342 g/mol. The van der Waals surface area contributed by atoms with Crippen LogP contribution in [0.5, 0.6) is 0 Å². The van der Waals surface area contributed by atoms with Gasteiger partial charge in [0.1, 0.15) is 5.03 Å². The largest absolute Gasteiger partial charge is 0.481 e. The van der Waals surface area contributed by atoms with Crippen LogP contribution >= 0.6 is 21.6 Å². The van der Waals surface area contributed by atoms with Gasteiger partial charge in [0.2, 0.25) is 5.91 Å². The second-order valence-corrected chi connectivity index (χ2v) is 7.17. The zero-order valence-electron chi connectivity index (χ0n) is 12.5. The minimum Gasteiger partial charge on any atom is -0.481 e. The average Bonchev–Trinajstić information content (AvgIpc) is 2.51. The molecule has 0 radical (unpaired) electrons. The molecule has 0 aliphatic heterocycles. The molecule has 0 aliphatic carbocycles. The van der Waals surface area contributed by atoms with Crippen LogP contribution in [-0.4, -0.2) is 34.3 Å². The maximum atomic E-state index is 11.6. The van der Waals surface area contributed by atoms with Crippen LogP contribution in [0.4, 0.5) is 0 Å². The number of hydrogen-bond donors (Lipinski definition) is 2. The Morgan fingerprint density at radius 1 is 1.14 bits per heavy atom. The molecule has 1 heterocycles. The molecule has 0 aliphatic rings. The molecule has 1 rings (SSSR count). The number of amides is 1. The first-order chi connectivity index (χ1) is 10.7. The third-order valence-electron chi connectivity index (χ3n) is 2.83. The Kier molecular flexibility index (Phi) is 10.6. The molecule has 0 saturated carbocycles. The summed E-state index contributed by atoms with van der Waals surface area (Å²) in [5.74, 6) is 0.0834. The lowest BCUT2D eigenvalue weighted by Crippen LogP contribution is -2.24. The van der Waals surface area contributed by atoms with Crippen LogP contribution < -0.4 is 5.32 Å². The van der Waals surface area contributed by atoms with Crippen molar-refractivity contribution in [3.63, 3.8) is 0 Å². The summed E-state index contributed by atoms with van der Waals surface area (Å²) in [6, 6.07) is 5.77. The standard InChI is InChI=1S/C15H22N2O3S2/c18-13(16-10-5-2-1-3-8-15(19)20)9-12-21-22-14-7-4-6-11-17-14/h4,6-7,11H,1-3,5,8-10,12H2,(H,16,18)(H,19,20). The molecule has 2 N–H and O–H groups in total. The SMILES string of the molecule is O=C(O)CCCCCCNC(=O)CCSSc1ccccn1. The van der Waals surface area contributed by atoms with Crippen molar-refractivity contribution in [1.29, 1.82) is 0 Å². The number of unbranched alkanes of at least 4 members (excludes halogenated alkanes) is 3. The van der Waals surface area contributed by atoms with Crippen molar-refractivity contribution in [2.75, 3.05) is 12.3 Å². The predicted molar refractivity (Wildman–Crippen MR) is 90.9 cm³/mol. The number of carbonyl (C=O) groups is 2.